The van der Waals surface area contributed by atoms with Gasteiger partial charge in [-0.15, -0.1) is 6.58 Å². The predicted octanol–water partition coefficient (Wildman–Crippen LogP) is 1.40. The summed E-state index contributed by atoms with van der Waals surface area (Å²) in [5, 5.41) is 13.8. The Bertz CT molecular complexity index is 692. The number of nitrogens with zero attached hydrogens (tertiary/aromatic N) is 4. The second-order valence-corrected chi connectivity index (χ2v) is 6.67. The zero-order valence-corrected chi connectivity index (χ0v) is 15.2. The molecule has 0 aromatic carbocycles. The Balaban J connectivity index is 1.68. The van der Waals surface area contributed by atoms with E-state index >= 15 is 0 Å². The maximum atomic E-state index is 11.8. The van der Waals surface area contributed by atoms with Gasteiger partial charge in [0.15, 0.2) is 5.69 Å². The zero-order chi connectivity index (χ0) is 18.7. The number of piperazine rings is 1. The number of carbonyl (C=O) groups is 2. The molecule has 2 aliphatic rings. The molecule has 0 spiro atoms. The number of aromatic carboxylic acids is 1. The molecule has 1 aromatic rings. The van der Waals surface area contributed by atoms with Crippen LogP contribution in [0.1, 0.15) is 35.1 Å². The first-order chi connectivity index (χ1) is 12.5. The summed E-state index contributed by atoms with van der Waals surface area (Å²) in [6.45, 7) is 9.29. The van der Waals surface area contributed by atoms with Gasteiger partial charge in [-0.25, -0.2) is 9.59 Å². The molecule has 1 amide bonds. The van der Waals surface area contributed by atoms with Gasteiger partial charge in [0.2, 0.25) is 0 Å². The third-order valence-electron chi connectivity index (χ3n) is 5.18. The first kappa shape index (κ1) is 18.4. The van der Waals surface area contributed by atoms with Gasteiger partial charge in [-0.2, -0.15) is 5.10 Å². The second-order valence-electron chi connectivity index (χ2n) is 6.67. The van der Waals surface area contributed by atoms with Crippen LogP contribution in [0.25, 0.3) is 0 Å². The Morgan fingerprint density at radius 1 is 1.35 bits per heavy atom. The van der Waals surface area contributed by atoms with Crippen LogP contribution in [0.15, 0.2) is 12.7 Å². The van der Waals surface area contributed by atoms with Gasteiger partial charge in [-0.05, 0) is 26.2 Å². The molecule has 0 saturated carbocycles. The topological polar surface area (TPSA) is 87.9 Å². The molecule has 1 aromatic heterocycles. The van der Waals surface area contributed by atoms with Gasteiger partial charge in [-0.3, -0.25) is 9.58 Å². The minimum atomic E-state index is -0.975. The van der Waals surface area contributed by atoms with E-state index in [1.54, 1.807) is 22.6 Å². The lowest BCUT2D eigenvalue weighted by Gasteiger charge is -2.40. The van der Waals surface area contributed by atoms with Gasteiger partial charge in [0.25, 0.3) is 0 Å². The molecule has 26 heavy (non-hydrogen) atoms. The van der Waals surface area contributed by atoms with E-state index in [2.05, 4.69) is 16.6 Å². The van der Waals surface area contributed by atoms with Crippen molar-refractivity contribution in [3.63, 3.8) is 0 Å². The highest BCUT2D eigenvalue weighted by molar-refractivity contribution is 5.87. The molecule has 1 aliphatic heterocycles. The summed E-state index contributed by atoms with van der Waals surface area (Å²) in [4.78, 5) is 27.5. The van der Waals surface area contributed by atoms with Crippen molar-refractivity contribution in [1.29, 1.82) is 0 Å². The Morgan fingerprint density at radius 3 is 2.69 bits per heavy atom. The second kappa shape index (κ2) is 7.90. The van der Waals surface area contributed by atoms with E-state index < -0.39 is 5.97 Å². The number of ether oxygens (including phenoxy) is 1. The van der Waals surface area contributed by atoms with Crippen LogP contribution >= 0.6 is 0 Å². The number of hydrogen-bond acceptors (Lipinski definition) is 5. The van der Waals surface area contributed by atoms with Gasteiger partial charge in [0.05, 0.1) is 13.2 Å². The van der Waals surface area contributed by atoms with Crippen LogP contribution in [-0.2, 0) is 24.1 Å². The Kier molecular flexibility index (Phi) is 5.61. The van der Waals surface area contributed by atoms with Gasteiger partial charge in [0, 0.05) is 43.5 Å². The Hall–Kier alpha value is -2.35. The number of rotatable bonds is 5. The first-order valence-electron chi connectivity index (χ1n) is 9.13. The Labute approximate surface area is 153 Å². The average molecular weight is 362 g/mol. The lowest BCUT2D eigenvalue weighted by Crippen LogP contribution is -2.53. The number of carboxylic acid groups (broad SMARTS) is 1. The molecule has 1 N–H and O–H groups in total. The molecular weight excluding hydrogens is 336 g/mol. The summed E-state index contributed by atoms with van der Waals surface area (Å²) in [5.74, 6) is -0.975. The largest absolute Gasteiger partial charge is 0.476 e. The van der Waals surface area contributed by atoms with Crippen LogP contribution in [0.4, 0.5) is 4.79 Å². The third-order valence-corrected chi connectivity index (χ3v) is 5.18. The molecule has 1 saturated heterocycles. The molecule has 142 valence electrons. The summed E-state index contributed by atoms with van der Waals surface area (Å²) in [6, 6.07) is 0.284. The minimum absolute atomic E-state index is 0.164. The molecular formula is C18H26N4O4. The lowest BCUT2D eigenvalue weighted by atomic mass is 9.90. The maximum Gasteiger partial charge on any atom is 0.409 e. The monoisotopic (exact) mass is 362 g/mol. The number of carboxylic acids is 1. The molecule has 3 rings (SSSR count). The molecule has 1 atom stereocenters. The van der Waals surface area contributed by atoms with Crippen LogP contribution in [0.2, 0.25) is 0 Å². The third kappa shape index (κ3) is 3.60. The number of amides is 1. The van der Waals surface area contributed by atoms with Crippen LogP contribution in [-0.4, -0.2) is 75.6 Å². The fourth-order valence-corrected chi connectivity index (χ4v) is 3.91. The van der Waals surface area contributed by atoms with Crippen molar-refractivity contribution in [1.82, 2.24) is 19.6 Å². The van der Waals surface area contributed by atoms with E-state index in [0.717, 1.165) is 37.2 Å². The number of allylic oxidation sites excluding steroid dienone is 1. The van der Waals surface area contributed by atoms with E-state index in [1.807, 2.05) is 0 Å². The number of fused-ring (bicyclic) bond motifs is 1. The van der Waals surface area contributed by atoms with Crippen LogP contribution in [0.3, 0.4) is 0 Å². The van der Waals surface area contributed by atoms with Crippen LogP contribution in [0, 0.1) is 0 Å². The molecule has 8 heteroatoms. The van der Waals surface area contributed by atoms with E-state index in [4.69, 9.17) is 4.74 Å². The fraction of sp³-hybridized carbons (Fsp3) is 0.611. The predicted molar refractivity (Wildman–Crippen MR) is 95.4 cm³/mol. The molecule has 0 radical (unpaired) electrons. The van der Waals surface area contributed by atoms with Gasteiger partial charge in [-0.1, -0.05) is 6.08 Å². The molecule has 0 bridgehead atoms. The van der Waals surface area contributed by atoms with Crippen molar-refractivity contribution >= 4 is 12.1 Å². The summed E-state index contributed by atoms with van der Waals surface area (Å²) in [5.41, 5.74) is 2.03. The average Bonchev–Trinajstić information content (AvgIpc) is 3.00. The normalized spacial score (nSPS) is 20.5. The van der Waals surface area contributed by atoms with Crippen molar-refractivity contribution in [2.45, 2.75) is 38.8 Å². The quantitative estimate of drug-likeness (QED) is 0.797. The highest BCUT2D eigenvalue weighted by atomic mass is 16.6. The minimum Gasteiger partial charge on any atom is -0.476 e. The smallest absolute Gasteiger partial charge is 0.409 e. The standard InChI is InChI=1S/C18H26N4O4/c1-3-7-22-15-6-5-13(12-14(15)16(19-22)17(23)24)20-8-10-21(11-9-20)18(25)26-4-2/h3,13H,1,4-12H2,2H3,(H,23,24)/t13-/m0/s1. The SMILES string of the molecule is C=CCn1nc(C(=O)O)c2c1CC[C@H](N1CCN(C(=O)OCC)CC1)C2. The molecule has 0 unspecified atom stereocenters. The van der Waals surface area contributed by atoms with E-state index in [9.17, 15) is 14.7 Å². The van der Waals surface area contributed by atoms with Gasteiger partial charge >= 0.3 is 12.1 Å². The molecule has 2 heterocycles. The van der Waals surface area contributed by atoms with Crippen molar-refractivity contribution in [3.8, 4) is 0 Å². The zero-order valence-electron chi connectivity index (χ0n) is 15.2. The van der Waals surface area contributed by atoms with E-state index in [-0.39, 0.29) is 17.8 Å². The van der Waals surface area contributed by atoms with Gasteiger partial charge in [0.1, 0.15) is 0 Å². The molecule has 8 nitrogen and oxygen atoms in total. The van der Waals surface area contributed by atoms with Crippen molar-refractivity contribution in [2.75, 3.05) is 32.8 Å². The van der Waals surface area contributed by atoms with Crippen molar-refractivity contribution in [3.05, 3.63) is 29.6 Å². The van der Waals surface area contributed by atoms with E-state index in [0.29, 0.717) is 32.7 Å². The van der Waals surface area contributed by atoms with E-state index in [1.165, 1.54) is 0 Å². The molecule has 1 fully saturated rings. The Morgan fingerprint density at radius 2 is 2.08 bits per heavy atom. The summed E-state index contributed by atoms with van der Waals surface area (Å²) >= 11 is 0. The fourth-order valence-electron chi connectivity index (χ4n) is 3.91. The highest BCUT2D eigenvalue weighted by Crippen LogP contribution is 2.28. The highest BCUT2D eigenvalue weighted by Gasteiger charge is 2.33. The van der Waals surface area contributed by atoms with Crippen molar-refractivity contribution < 1.29 is 19.4 Å². The van der Waals surface area contributed by atoms with Crippen molar-refractivity contribution in [2.24, 2.45) is 0 Å². The maximum absolute atomic E-state index is 11.8. The van der Waals surface area contributed by atoms with Gasteiger partial charge < -0.3 is 14.7 Å². The van der Waals surface area contributed by atoms with Crippen LogP contribution < -0.4 is 0 Å². The number of hydrogen-bond donors (Lipinski definition) is 1. The summed E-state index contributed by atoms with van der Waals surface area (Å²) < 4.78 is 6.83. The summed E-state index contributed by atoms with van der Waals surface area (Å²) in [6.07, 6.45) is 3.95. The number of aromatic nitrogens is 2. The van der Waals surface area contributed by atoms with Crippen LogP contribution in [0.5, 0.6) is 0 Å². The summed E-state index contributed by atoms with van der Waals surface area (Å²) in [7, 11) is 0. The lowest BCUT2D eigenvalue weighted by molar-refractivity contribution is 0.0621. The first-order valence-corrected chi connectivity index (χ1v) is 9.13. The molecule has 1 aliphatic carbocycles. The number of carbonyl (C=O) groups excluding carboxylic acids is 1.